The van der Waals surface area contributed by atoms with Gasteiger partial charge in [0.05, 0.1) is 5.69 Å². The predicted molar refractivity (Wildman–Crippen MR) is 98.4 cm³/mol. The zero-order chi connectivity index (χ0) is 18.3. The average molecular weight is 351 g/mol. The molecule has 2 aliphatic heterocycles. The van der Waals surface area contributed by atoms with Gasteiger partial charge in [0.2, 0.25) is 5.91 Å². The van der Waals surface area contributed by atoms with Gasteiger partial charge in [-0.15, -0.1) is 0 Å². The summed E-state index contributed by atoms with van der Waals surface area (Å²) in [4.78, 5) is 34.9. The van der Waals surface area contributed by atoms with Crippen molar-refractivity contribution in [3.05, 3.63) is 47.5 Å². The lowest BCUT2D eigenvalue weighted by Crippen LogP contribution is -2.29. The predicted octanol–water partition coefficient (Wildman–Crippen LogP) is 2.60. The maximum atomic E-state index is 12.3. The standard InChI is InChI=1S/C19H21N5O2/c1-11(2)18-20-6-5-15(23-18)14-10-17(25)22-16-9-12(3-4-13(14)16)24-8-7-21-19(24)26/h3-6,9,11,14H,7-8,10H2,1-2H3,(H,21,26)(H,22,25)/t14-/m0/s1. The Morgan fingerprint density at radius 2 is 2.08 bits per heavy atom. The molecule has 2 N–H and O–H groups in total. The fourth-order valence-electron chi connectivity index (χ4n) is 3.46. The molecule has 1 fully saturated rings. The van der Waals surface area contributed by atoms with Crippen LogP contribution in [0.2, 0.25) is 0 Å². The van der Waals surface area contributed by atoms with E-state index in [1.54, 1.807) is 11.1 Å². The quantitative estimate of drug-likeness (QED) is 0.890. The van der Waals surface area contributed by atoms with Gasteiger partial charge in [0.15, 0.2) is 0 Å². The number of fused-ring (bicyclic) bond motifs is 1. The first-order valence-corrected chi connectivity index (χ1v) is 8.85. The van der Waals surface area contributed by atoms with E-state index in [0.29, 0.717) is 19.5 Å². The Bertz CT molecular complexity index is 880. The molecular formula is C19H21N5O2. The van der Waals surface area contributed by atoms with Gasteiger partial charge in [-0.2, -0.15) is 0 Å². The van der Waals surface area contributed by atoms with Crippen molar-refractivity contribution in [2.24, 2.45) is 0 Å². The van der Waals surface area contributed by atoms with Crippen molar-refractivity contribution in [1.29, 1.82) is 0 Å². The Morgan fingerprint density at radius 1 is 1.23 bits per heavy atom. The summed E-state index contributed by atoms with van der Waals surface area (Å²) < 4.78 is 0. The molecule has 2 aromatic rings. The van der Waals surface area contributed by atoms with Crippen molar-refractivity contribution in [3.63, 3.8) is 0 Å². The number of rotatable bonds is 3. The largest absolute Gasteiger partial charge is 0.336 e. The van der Waals surface area contributed by atoms with Gasteiger partial charge >= 0.3 is 6.03 Å². The highest BCUT2D eigenvalue weighted by Gasteiger charge is 2.29. The number of nitrogens with one attached hydrogen (secondary N) is 2. The third-order valence-corrected chi connectivity index (χ3v) is 4.81. The molecule has 1 aromatic heterocycles. The molecule has 0 radical (unpaired) electrons. The molecule has 0 bridgehead atoms. The Labute approximate surface area is 151 Å². The van der Waals surface area contributed by atoms with Crippen molar-refractivity contribution in [2.45, 2.75) is 32.1 Å². The van der Waals surface area contributed by atoms with Crippen molar-refractivity contribution in [3.8, 4) is 0 Å². The molecule has 134 valence electrons. The highest BCUT2D eigenvalue weighted by Crippen LogP contribution is 2.38. The number of aromatic nitrogens is 2. The zero-order valence-electron chi connectivity index (χ0n) is 14.8. The van der Waals surface area contributed by atoms with E-state index in [-0.39, 0.29) is 23.8 Å². The molecule has 7 nitrogen and oxygen atoms in total. The number of anilines is 2. The van der Waals surface area contributed by atoms with E-state index in [1.165, 1.54) is 0 Å². The molecule has 26 heavy (non-hydrogen) atoms. The lowest BCUT2D eigenvalue weighted by Gasteiger charge is -2.27. The second-order valence-corrected chi connectivity index (χ2v) is 6.95. The normalized spacial score (nSPS) is 19.3. The minimum Gasteiger partial charge on any atom is -0.336 e. The van der Waals surface area contributed by atoms with Crippen LogP contribution in [0.15, 0.2) is 30.5 Å². The summed E-state index contributed by atoms with van der Waals surface area (Å²) >= 11 is 0. The van der Waals surface area contributed by atoms with Crippen LogP contribution in [-0.2, 0) is 4.79 Å². The second-order valence-electron chi connectivity index (χ2n) is 6.95. The summed E-state index contributed by atoms with van der Waals surface area (Å²) in [6, 6.07) is 7.55. The summed E-state index contributed by atoms with van der Waals surface area (Å²) in [5, 5.41) is 5.73. The molecule has 4 rings (SSSR count). The van der Waals surface area contributed by atoms with Crippen LogP contribution in [0.5, 0.6) is 0 Å². The number of hydrogen-bond acceptors (Lipinski definition) is 4. The highest BCUT2D eigenvalue weighted by molar-refractivity contribution is 5.98. The van der Waals surface area contributed by atoms with Crippen LogP contribution in [0.4, 0.5) is 16.2 Å². The molecule has 1 saturated heterocycles. The van der Waals surface area contributed by atoms with Crippen LogP contribution < -0.4 is 15.5 Å². The third kappa shape index (κ3) is 2.89. The topological polar surface area (TPSA) is 87.2 Å². The fourth-order valence-corrected chi connectivity index (χ4v) is 3.46. The molecule has 1 atom stereocenters. The SMILES string of the molecule is CC(C)c1nccc([C@H]2CC(=O)Nc3cc(N4CCNC4=O)ccc32)n1. The first-order valence-electron chi connectivity index (χ1n) is 8.85. The lowest BCUT2D eigenvalue weighted by atomic mass is 9.87. The lowest BCUT2D eigenvalue weighted by molar-refractivity contribution is -0.116. The van der Waals surface area contributed by atoms with Crippen molar-refractivity contribution in [2.75, 3.05) is 23.3 Å². The van der Waals surface area contributed by atoms with E-state index in [2.05, 4.69) is 20.6 Å². The number of hydrogen-bond donors (Lipinski definition) is 2. The van der Waals surface area contributed by atoms with Gasteiger partial charge < -0.3 is 10.6 Å². The van der Waals surface area contributed by atoms with Gasteiger partial charge in [-0.1, -0.05) is 19.9 Å². The summed E-state index contributed by atoms with van der Waals surface area (Å²) in [7, 11) is 0. The summed E-state index contributed by atoms with van der Waals surface area (Å²) in [5.41, 5.74) is 3.39. The van der Waals surface area contributed by atoms with Crippen molar-refractivity contribution >= 4 is 23.3 Å². The Kier molecular flexibility index (Phi) is 4.06. The molecule has 1 aromatic carbocycles. The van der Waals surface area contributed by atoms with Crippen LogP contribution in [-0.4, -0.2) is 35.0 Å². The summed E-state index contributed by atoms with van der Waals surface area (Å²) in [6.45, 7) is 5.35. The number of urea groups is 1. The smallest absolute Gasteiger partial charge is 0.321 e. The van der Waals surface area contributed by atoms with Crippen LogP contribution in [0.1, 0.15) is 49.2 Å². The molecule has 0 saturated carbocycles. The first-order chi connectivity index (χ1) is 12.5. The maximum Gasteiger partial charge on any atom is 0.321 e. The summed E-state index contributed by atoms with van der Waals surface area (Å²) in [6.07, 6.45) is 2.11. The number of amides is 3. The number of benzene rings is 1. The molecule has 0 unspecified atom stereocenters. The molecule has 0 spiro atoms. The Morgan fingerprint density at radius 3 is 2.81 bits per heavy atom. The average Bonchev–Trinajstić information content (AvgIpc) is 3.06. The van der Waals surface area contributed by atoms with E-state index >= 15 is 0 Å². The van der Waals surface area contributed by atoms with Crippen molar-refractivity contribution < 1.29 is 9.59 Å². The molecule has 7 heteroatoms. The van der Waals surface area contributed by atoms with Gasteiger partial charge in [-0.3, -0.25) is 9.69 Å². The van der Waals surface area contributed by atoms with Gasteiger partial charge in [-0.25, -0.2) is 14.8 Å². The molecule has 3 amide bonds. The minimum absolute atomic E-state index is 0.0461. The van der Waals surface area contributed by atoms with Gasteiger partial charge in [0, 0.05) is 48.9 Å². The van der Waals surface area contributed by atoms with E-state index in [9.17, 15) is 9.59 Å². The van der Waals surface area contributed by atoms with E-state index in [1.807, 2.05) is 38.1 Å². The van der Waals surface area contributed by atoms with Gasteiger partial charge in [-0.05, 0) is 23.8 Å². The number of carbonyl (C=O) groups excluding carboxylic acids is 2. The molecule has 0 aliphatic carbocycles. The summed E-state index contributed by atoms with van der Waals surface area (Å²) in [5.74, 6) is 0.846. The monoisotopic (exact) mass is 351 g/mol. The molecular weight excluding hydrogens is 330 g/mol. The zero-order valence-corrected chi connectivity index (χ0v) is 14.8. The van der Waals surface area contributed by atoms with Crippen LogP contribution in [0, 0.1) is 0 Å². The van der Waals surface area contributed by atoms with Crippen LogP contribution in [0.25, 0.3) is 0 Å². The second kappa shape index (κ2) is 6.40. The highest BCUT2D eigenvalue weighted by atomic mass is 16.2. The van der Waals surface area contributed by atoms with Crippen LogP contribution in [0.3, 0.4) is 0 Å². The van der Waals surface area contributed by atoms with Gasteiger partial charge in [0.1, 0.15) is 5.82 Å². The minimum atomic E-state index is -0.110. The van der Waals surface area contributed by atoms with E-state index < -0.39 is 0 Å². The maximum absolute atomic E-state index is 12.3. The van der Waals surface area contributed by atoms with Crippen LogP contribution >= 0.6 is 0 Å². The van der Waals surface area contributed by atoms with E-state index in [4.69, 9.17) is 0 Å². The molecule has 2 aliphatic rings. The Hall–Kier alpha value is -2.96. The van der Waals surface area contributed by atoms with Crippen molar-refractivity contribution in [1.82, 2.24) is 15.3 Å². The van der Waals surface area contributed by atoms with Gasteiger partial charge in [0.25, 0.3) is 0 Å². The van der Waals surface area contributed by atoms with E-state index in [0.717, 1.165) is 28.5 Å². The fraction of sp³-hybridized carbons (Fsp3) is 0.368. The number of carbonyl (C=O) groups is 2. The first kappa shape index (κ1) is 16.5. The third-order valence-electron chi connectivity index (χ3n) is 4.81. The molecule has 3 heterocycles. The Balaban J connectivity index is 1.73. The number of nitrogens with zero attached hydrogens (tertiary/aromatic N) is 3.